The lowest BCUT2D eigenvalue weighted by molar-refractivity contribution is -0.465. The minimum Gasteiger partial charge on any atom is -0.326 e. The molecule has 2 aromatic rings. The molecule has 1 amide bonds. The minimum absolute atomic E-state index is 0.0891. The molecule has 0 aromatic heterocycles. The third-order valence-electron chi connectivity index (χ3n) is 3.50. The van der Waals surface area contributed by atoms with Crippen molar-refractivity contribution < 1.29 is 27.7 Å². The molecule has 0 spiro atoms. The van der Waals surface area contributed by atoms with Crippen molar-refractivity contribution in [2.75, 3.05) is 11.9 Å². The average Bonchev–Trinajstić information content (AvgIpc) is 2.53. The maximum Gasteiger partial charge on any atom is 0.416 e. The number of alkyl halides is 3. The molecule has 0 saturated heterocycles. The summed E-state index contributed by atoms with van der Waals surface area (Å²) in [5.74, 6) is -1.52. The van der Waals surface area contributed by atoms with Gasteiger partial charge < -0.3 is 5.32 Å². The van der Waals surface area contributed by atoms with Gasteiger partial charge in [-0.2, -0.15) is 13.2 Å². The maximum atomic E-state index is 13.0. The lowest BCUT2D eigenvalue weighted by Crippen LogP contribution is -2.18. The summed E-state index contributed by atoms with van der Waals surface area (Å²) in [6, 6.07) is 8.39. The van der Waals surface area contributed by atoms with Crippen molar-refractivity contribution in [3.63, 3.8) is 0 Å². The second-order valence-corrected chi connectivity index (χ2v) is 5.90. The Morgan fingerprint density at radius 1 is 1.15 bits per heavy atom. The van der Waals surface area contributed by atoms with Crippen LogP contribution >= 0.6 is 11.6 Å². The highest BCUT2D eigenvalue weighted by molar-refractivity contribution is 6.34. The summed E-state index contributed by atoms with van der Waals surface area (Å²) in [7, 11) is 0. The van der Waals surface area contributed by atoms with Gasteiger partial charge in [0.2, 0.25) is 11.7 Å². The van der Waals surface area contributed by atoms with Crippen molar-refractivity contribution in [1.82, 2.24) is 0 Å². The van der Waals surface area contributed by atoms with E-state index in [0.717, 1.165) is 6.07 Å². The molecule has 2 aromatic carbocycles. The SMILES string of the molecule is O=C(Cc1ccccc1C(F)(F)F)Nc1ccc(C(=O)C[N+](=O)[O-])c(Cl)c1. The second-order valence-electron chi connectivity index (χ2n) is 5.49. The largest absolute Gasteiger partial charge is 0.416 e. The number of anilines is 1. The third kappa shape index (κ3) is 5.52. The summed E-state index contributed by atoms with van der Waals surface area (Å²) >= 11 is 5.89. The Labute approximate surface area is 156 Å². The number of hydrogen-bond acceptors (Lipinski definition) is 4. The van der Waals surface area contributed by atoms with Crippen LogP contribution in [0.4, 0.5) is 18.9 Å². The molecular weight excluding hydrogens is 389 g/mol. The summed E-state index contributed by atoms with van der Waals surface area (Å²) in [5, 5.41) is 12.6. The summed E-state index contributed by atoms with van der Waals surface area (Å²) < 4.78 is 38.9. The fourth-order valence-corrected chi connectivity index (χ4v) is 2.64. The van der Waals surface area contributed by atoms with Gasteiger partial charge in [-0.05, 0) is 29.8 Å². The van der Waals surface area contributed by atoms with Crippen molar-refractivity contribution in [2.45, 2.75) is 12.6 Å². The maximum absolute atomic E-state index is 13.0. The molecule has 0 heterocycles. The van der Waals surface area contributed by atoms with Crippen molar-refractivity contribution >= 4 is 29.0 Å². The van der Waals surface area contributed by atoms with Crippen LogP contribution in [0, 0.1) is 10.1 Å². The molecule has 0 unspecified atom stereocenters. The molecule has 0 fully saturated rings. The van der Waals surface area contributed by atoms with Crippen LogP contribution in [0.5, 0.6) is 0 Å². The first-order valence-electron chi connectivity index (χ1n) is 7.47. The van der Waals surface area contributed by atoms with Crippen LogP contribution in [0.15, 0.2) is 42.5 Å². The van der Waals surface area contributed by atoms with Crippen LogP contribution in [0.25, 0.3) is 0 Å². The zero-order chi connectivity index (χ0) is 20.2. The Morgan fingerprint density at radius 2 is 1.81 bits per heavy atom. The molecule has 0 atom stereocenters. The predicted molar refractivity (Wildman–Crippen MR) is 91.4 cm³/mol. The molecule has 0 aliphatic carbocycles. The van der Waals surface area contributed by atoms with Gasteiger partial charge in [0, 0.05) is 16.2 Å². The topological polar surface area (TPSA) is 89.3 Å². The molecular formula is C17H12ClF3N2O4. The molecule has 0 aliphatic heterocycles. The Bertz CT molecular complexity index is 900. The Hall–Kier alpha value is -2.94. The zero-order valence-electron chi connectivity index (χ0n) is 13.5. The van der Waals surface area contributed by atoms with Crippen LogP contribution in [0.2, 0.25) is 5.02 Å². The van der Waals surface area contributed by atoms with E-state index in [0.29, 0.717) is 0 Å². The molecule has 0 saturated carbocycles. The van der Waals surface area contributed by atoms with E-state index in [1.54, 1.807) is 0 Å². The first kappa shape index (κ1) is 20.4. The zero-order valence-corrected chi connectivity index (χ0v) is 14.3. The van der Waals surface area contributed by atoms with Crippen molar-refractivity contribution in [3.05, 3.63) is 74.3 Å². The number of halogens is 4. The highest BCUT2D eigenvalue weighted by Crippen LogP contribution is 2.32. The average molecular weight is 401 g/mol. The number of nitrogens with one attached hydrogen (secondary N) is 1. The molecule has 2 rings (SSSR count). The number of rotatable bonds is 6. The van der Waals surface area contributed by atoms with Gasteiger partial charge in [-0.15, -0.1) is 0 Å². The molecule has 6 nitrogen and oxygen atoms in total. The Balaban J connectivity index is 2.12. The molecule has 1 N–H and O–H groups in total. The lowest BCUT2D eigenvalue weighted by atomic mass is 10.0. The monoisotopic (exact) mass is 400 g/mol. The van der Waals surface area contributed by atoms with E-state index in [9.17, 15) is 32.9 Å². The summed E-state index contributed by atoms with van der Waals surface area (Å²) in [6.07, 6.45) is -5.10. The van der Waals surface area contributed by atoms with Crippen molar-refractivity contribution in [1.29, 1.82) is 0 Å². The number of ketones is 1. The number of amides is 1. The number of nitrogens with zero attached hydrogens (tertiary/aromatic N) is 1. The van der Waals surface area contributed by atoms with E-state index in [-0.39, 0.29) is 21.8 Å². The molecule has 0 aliphatic rings. The highest BCUT2D eigenvalue weighted by Gasteiger charge is 2.33. The minimum atomic E-state index is -4.58. The number of hydrogen-bond donors (Lipinski definition) is 1. The fraction of sp³-hybridized carbons (Fsp3) is 0.176. The van der Waals surface area contributed by atoms with Gasteiger partial charge in [0.15, 0.2) is 0 Å². The molecule has 27 heavy (non-hydrogen) atoms. The van der Waals surface area contributed by atoms with Crippen LogP contribution < -0.4 is 5.32 Å². The van der Waals surface area contributed by atoms with E-state index < -0.39 is 41.3 Å². The van der Waals surface area contributed by atoms with Gasteiger partial charge in [0.25, 0.3) is 6.54 Å². The van der Waals surface area contributed by atoms with Gasteiger partial charge in [0.1, 0.15) is 0 Å². The van der Waals surface area contributed by atoms with Crippen LogP contribution in [-0.4, -0.2) is 23.2 Å². The number of nitro groups is 1. The van der Waals surface area contributed by atoms with Crippen LogP contribution in [0.1, 0.15) is 21.5 Å². The smallest absolute Gasteiger partial charge is 0.326 e. The first-order valence-corrected chi connectivity index (χ1v) is 7.85. The highest BCUT2D eigenvalue weighted by atomic mass is 35.5. The van der Waals surface area contributed by atoms with Gasteiger partial charge in [0.05, 0.1) is 17.0 Å². The van der Waals surface area contributed by atoms with Gasteiger partial charge in [-0.3, -0.25) is 19.7 Å². The van der Waals surface area contributed by atoms with Gasteiger partial charge in [-0.1, -0.05) is 29.8 Å². The number of benzene rings is 2. The molecule has 10 heteroatoms. The second kappa shape index (κ2) is 8.17. The number of carbonyl (C=O) groups is 2. The predicted octanol–water partition coefficient (Wildman–Crippen LogP) is 4.00. The summed E-state index contributed by atoms with van der Waals surface area (Å²) in [4.78, 5) is 33.3. The lowest BCUT2D eigenvalue weighted by Gasteiger charge is -2.13. The fourth-order valence-electron chi connectivity index (χ4n) is 2.35. The quantitative estimate of drug-likeness (QED) is 0.451. The summed E-state index contributed by atoms with van der Waals surface area (Å²) in [5.41, 5.74) is -1.04. The van der Waals surface area contributed by atoms with Gasteiger partial charge in [-0.25, -0.2) is 0 Å². The molecule has 142 valence electrons. The third-order valence-corrected chi connectivity index (χ3v) is 3.81. The van der Waals surface area contributed by atoms with E-state index in [1.807, 2.05) is 0 Å². The van der Waals surface area contributed by atoms with E-state index in [2.05, 4.69) is 5.32 Å². The Morgan fingerprint density at radius 3 is 2.41 bits per heavy atom. The van der Waals surface area contributed by atoms with Gasteiger partial charge >= 0.3 is 6.18 Å². The van der Waals surface area contributed by atoms with E-state index in [1.165, 1.54) is 36.4 Å². The van der Waals surface area contributed by atoms with E-state index in [4.69, 9.17) is 11.6 Å². The van der Waals surface area contributed by atoms with E-state index >= 15 is 0 Å². The summed E-state index contributed by atoms with van der Waals surface area (Å²) in [6.45, 7) is -0.931. The standard InChI is InChI=1S/C17H12ClF3N2O4/c18-14-8-11(5-6-12(14)15(24)9-23(26)27)22-16(25)7-10-3-1-2-4-13(10)17(19,20)21/h1-6,8H,7,9H2,(H,22,25). The Kier molecular flexibility index (Phi) is 6.17. The molecule has 0 radical (unpaired) electrons. The van der Waals surface area contributed by atoms with Crippen LogP contribution in [-0.2, 0) is 17.4 Å². The number of Topliss-reactive ketones (excluding diaryl/α,β-unsaturated/α-hetero) is 1. The first-order chi connectivity index (χ1) is 12.6. The van der Waals surface area contributed by atoms with Crippen LogP contribution in [0.3, 0.4) is 0 Å². The van der Waals surface area contributed by atoms with Crippen molar-refractivity contribution in [2.24, 2.45) is 0 Å². The molecule has 0 bridgehead atoms. The number of carbonyl (C=O) groups excluding carboxylic acids is 2. The normalized spacial score (nSPS) is 11.1. The van der Waals surface area contributed by atoms with Crippen molar-refractivity contribution in [3.8, 4) is 0 Å².